The topological polar surface area (TPSA) is 44.5 Å². The zero-order valence-electron chi connectivity index (χ0n) is 11.1. The Hall–Kier alpha value is -1.74. The van der Waals surface area contributed by atoms with Gasteiger partial charge in [-0.05, 0) is 31.9 Å². The van der Waals surface area contributed by atoms with E-state index in [4.69, 9.17) is 15.2 Å². The van der Waals surface area contributed by atoms with E-state index in [2.05, 4.69) is 6.92 Å². The van der Waals surface area contributed by atoms with E-state index in [1.807, 2.05) is 36.4 Å². The van der Waals surface area contributed by atoms with Gasteiger partial charge in [-0.1, -0.05) is 24.3 Å². The van der Waals surface area contributed by atoms with Gasteiger partial charge in [-0.15, -0.1) is 0 Å². The van der Waals surface area contributed by atoms with Crippen LogP contribution in [0.25, 0.3) is 10.8 Å². The van der Waals surface area contributed by atoms with Crippen LogP contribution in [0.3, 0.4) is 0 Å². The van der Waals surface area contributed by atoms with Gasteiger partial charge in [-0.25, -0.2) is 0 Å². The quantitative estimate of drug-likeness (QED) is 0.857. The summed E-state index contributed by atoms with van der Waals surface area (Å²) in [6.45, 7) is 2.72. The molecule has 0 amide bonds. The molecule has 0 aliphatic carbocycles. The van der Waals surface area contributed by atoms with Crippen molar-refractivity contribution >= 4 is 16.5 Å². The summed E-state index contributed by atoms with van der Waals surface area (Å²) >= 11 is 0. The van der Waals surface area contributed by atoms with Crippen molar-refractivity contribution in [1.82, 2.24) is 0 Å². The highest BCUT2D eigenvalue weighted by molar-refractivity contribution is 5.96. The Kier molecular flexibility index (Phi) is 3.30. The molecule has 3 rings (SSSR count). The monoisotopic (exact) mass is 257 g/mol. The number of rotatable bonds is 3. The molecule has 1 aliphatic rings. The van der Waals surface area contributed by atoms with Crippen molar-refractivity contribution < 1.29 is 9.47 Å². The average Bonchev–Trinajstić information content (AvgIpc) is 2.84. The first-order valence-corrected chi connectivity index (χ1v) is 6.79. The van der Waals surface area contributed by atoms with E-state index in [9.17, 15) is 0 Å². The first-order valence-electron chi connectivity index (χ1n) is 6.79. The maximum absolute atomic E-state index is 5.98. The summed E-state index contributed by atoms with van der Waals surface area (Å²) in [7, 11) is 0. The van der Waals surface area contributed by atoms with E-state index in [1.54, 1.807) is 0 Å². The van der Waals surface area contributed by atoms with Gasteiger partial charge in [-0.3, -0.25) is 0 Å². The van der Waals surface area contributed by atoms with Crippen LogP contribution in [0.2, 0.25) is 0 Å². The molecule has 1 saturated heterocycles. The second-order valence-electron chi connectivity index (χ2n) is 5.16. The van der Waals surface area contributed by atoms with E-state index in [0.717, 1.165) is 35.1 Å². The van der Waals surface area contributed by atoms with Crippen LogP contribution in [-0.2, 0) is 4.74 Å². The summed E-state index contributed by atoms with van der Waals surface area (Å²) in [6, 6.07) is 11.9. The molecule has 0 aromatic heterocycles. The van der Waals surface area contributed by atoms with Gasteiger partial charge in [0.15, 0.2) is 0 Å². The minimum Gasteiger partial charge on any atom is -0.490 e. The highest BCUT2D eigenvalue weighted by atomic mass is 16.5. The van der Waals surface area contributed by atoms with Crippen LogP contribution < -0.4 is 10.5 Å². The number of nitrogen functional groups attached to an aromatic ring is 1. The number of fused-ring (bicyclic) bond motifs is 1. The molecule has 0 bridgehead atoms. The van der Waals surface area contributed by atoms with Crippen LogP contribution >= 0.6 is 0 Å². The lowest BCUT2D eigenvalue weighted by Gasteiger charge is -2.14. The van der Waals surface area contributed by atoms with Gasteiger partial charge in [0.25, 0.3) is 0 Å². The van der Waals surface area contributed by atoms with Crippen LogP contribution in [0.1, 0.15) is 19.8 Å². The Morgan fingerprint density at radius 2 is 1.95 bits per heavy atom. The van der Waals surface area contributed by atoms with Crippen LogP contribution in [-0.4, -0.2) is 18.8 Å². The van der Waals surface area contributed by atoms with Gasteiger partial charge >= 0.3 is 0 Å². The number of hydrogen-bond acceptors (Lipinski definition) is 3. The first-order chi connectivity index (χ1) is 9.24. The number of benzene rings is 2. The lowest BCUT2D eigenvalue weighted by molar-refractivity contribution is 0.0268. The van der Waals surface area contributed by atoms with E-state index >= 15 is 0 Å². The lowest BCUT2D eigenvalue weighted by atomic mass is 10.1. The van der Waals surface area contributed by atoms with Crippen molar-refractivity contribution in [2.24, 2.45) is 0 Å². The van der Waals surface area contributed by atoms with Crippen molar-refractivity contribution in [3.8, 4) is 5.75 Å². The van der Waals surface area contributed by atoms with E-state index < -0.39 is 0 Å². The predicted molar refractivity (Wildman–Crippen MR) is 77.4 cm³/mol. The Balaban J connectivity index is 1.79. The molecular weight excluding hydrogens is 238 g/mol. The smallest absolute Gasteiger partial charge is 0.127 e. The second kappa shape index (κ2) is 5.10. The van der Waals surface area contributed by atoms with Gasteiger partial charge in [0.2, 0.25) is 0 Å². The normalized spacial score (nSPS) is 22.8. The Bertz CT molecular complexity index is 582. The highest BCUT2D eigenvalue weighted by Gasteiger charge is 2.22. The first kappa shape index (κ1) is 12.3. The summed E-state index contributed by atoms with van der Waals surface area (Å²) < 4.78 is 11.7. The van der Waals surface area contributed by atoms with E-state index in [1.165, 1.54) is 0 Å². The van der Waals surface area contributed by atoms with E-state index in [-0.39, 0.29) is 6.10 Å². The molecule has 100 valence electrons. The molecule has 2 aromatic carbocycles. The Morgan fingerprint density at radius 1 is 1.16 bits per heavy atom. The molecule has 0 spiro atoms. The molecule has 2 unspecified atom stereocenters. The average molecular weight is 257 g/mol. The molecule has 2 N–H and O–H groups in total. The molecule has 19 heavy (non-hydrogen) atoms. The van der Waals surface area contributed by atoms with Crippen molar-refractivity contribution in [3.05, 3.63) is 36.4 Å². The maximum atomic E-state index is 5.98. The number of nitrogens with two attached hydrogens (primary N) is 1. The minimum absolute atomic E-state index is 0.214. The second-order valence-corrected chi connectivity index (χ2v) is 5.16. The summed E-state index contributed by atoms with van der Waals surface area (Å²) in [5.41, 5.74) is 6.77. The van der Waals surface area contributed by atoms with Gasteiger partial charge in [-0.2, -0.15) is 0 Å². The fourth-order valence-corrected chi connectivity index (χ4v) is 2.61. The summed E-state index contributed by atoms with van der Waals surface area (Å²) in [5, 5.41) is 2.11. The summed E-state index contributed by atoms with van der Waals surface area (Å²) in [6.07, 6.45) is 2.77. The molecule has 3 heteroatoms. The van der Waals surface area contributed by atoms with Crippen LogP contribution in [0.15, 0.2) is 36.4 Å². The largest absolute Gasteiger partial charge is 0.490 e. The molecule has 1 fully saturated rings. The van der Waals surface area contributed by atoms with E-state index in [0.29, 0.717) is 12.7 Å². The molecule has 1 heterocycles. The van der Waals surface area contributed by atoms with Crippen molar-refractivity contribution in [3.63, 3.8) is 0 Å². The Morgan fingerprint density at radius 3 is 2.68 bits per heavy atom. The Labute approximate surface area is 113 Å². The third-order valence-corrected chi connectivity index (χ3v) is 3.66. The van der Waals surface area contributed by atoms with Gasteiger partial charge in [0, 0.05) is 16.5 Å². The molecule has 0 radical (unpaired) electrons. The number of ether oxygens (including phenoxy) is 2. The fourth-order valence-electron chi connectivity index (χ4n) is 2.61. The predicted octanol–water partition coefficient (Wildman–Crippen LogP) is 3.37. The van der Waals surface area contributed by atoms with Crippen LogP contribution in [0.4, 0.5) is 5.69 Å². The molecular formula is C16H19NO2. The number of hydrogen-bond donors (Lipinski definition) is 1. The molecule has 1 aliphatic heterocycles. The number of anilines is 1. The zero-order chi connectivity index (χ0) is 13.2. The lowest BCUT2D eigenvalue weighted by Crippen LogP contribution is -2.17. The molecule has 2 aromatic rings. The van der Waals surface area contributed by atoms with Crippen LogP contribution in [0.5, 0.6) is 5.75 Å². The van der Waals surface area contributed by atoms with Gasteiger partial charge in [0.05, 0.1) is 12.2 Å². The zero-order valence-corrected chi connectivity index (χ0v) is 11.1. The van der Waals surface area contributed by atoms with Gasteiger partial charge in [0.1, 0.15) is 12.4 Å². The molecule has 3 nitrogen and oxygen atoms in total. The molecule has 0 saturated carbocycles. The summed E-state index contributed by atoms with van der Waals surface area (Å²) in [4.78, 5) is 0. The standard InChI is InChI=1S/C16H19NO2/c1-11-6-7-12(19-11)10-18-16-9-8-15(17)13-4-2-3-5-14(13)16/h2-5,8-9,11-12H,6-7,10,17H2,1H3. The maximum Gasteiger partial charge on any atom is 0.127 e. The molecule has 2 atom stereocenters. The van der Waals surface area contributed by atoms with Crippen molar-refractivity contribution in [2.75, 3.05) is 12.3 Å². The third-order valence-electron chi connectivity index (χ3n) is 3.66. The minimum atomic E-state index is 0.214. The van der Waals surface area contributed by atoms with Crippen LogP contribution in [0, 0.1) is 0 Å². The highest BCUT2D eigenvalue weighted by Crippen LogP contribution is 2.30. The summed E-state index contributed by atoms with van der Waals surface area (Å²) in [5.74, 6) is 0.882. The van der Waals surface area contributed by atoms with Gasteiger partial charge < -0.3 is 15.2 Å². The fraction of sp³-hybridized carbons (Fsp3) is 0.375. The van der Waals surface area contributed by atoms with Crippen molar-refractivity contribution in [2.45, 2.75) is 32.0 Å². The third kappa shape index (κ3) is 2.51. The van der Waals surface area contributed by atoms with Crippen molar-refractivity contribution in [1.29, 1.82) is 0 Å². The SMILES string of the molecule is CC1CCC(COc2ccc(N)c3ccccc23)O1.